The molecule has 1 atom stereocenters. The molecular formula is C21H25N3O7S. The molecule has 1 saturated heterocycles. The molecule has 0 radical (unpaired) electrons. The van der Waals surface area contributed by atoms with Crippen LogP contribution >= 0.6 is 0 Å². The van der Waals surface area contributed by atoms with Crippen molar-refractivity contribution in [2.45, 2.75) is 24.7 Å². The summed E-state index contributed by atoms with van der Waals surface area (Å²) in [5.41, 5.74) is 0.588. The van der Waals surface area contributed by atoms with Gasteiger partial charge in [0.15, 0.2) is 11.5 Å². The van der Waals surface area contributed by atoms with Crippen molar-refractivity contribution in [1.29, 1.82) is 0 Å². The Labute approximate surface area is 186 Å². The highest BCUT2D eigenvalue weighted by Gasteiger charge is 2.34. The third-order valence-corrected chi connectivity index (χ3v) is 7.37. The number of hydrogen-bond acceptors (Lipinski definition) is 7. The summed E-state index contributed by atoms with van der Waals surface area (Å²) in [6.07, 6.45) is 1.02. The maximum Gasteiger partial charge on any atom is 0.274 e. The Bertz CT molecular complexity index is 1130. The van der Waals surface area contributed by atoms with E-state index in [0.29, 0.717) is 35.6 Å². The Kier molecular flexibility index (Phi) is 6.99. The van der Waals surface area contributed by atoms with Crippen LogP contribution in [-0.2, 0) is 14.8 Å². The normalized spacial score (nSPS) is 16.9. The smallest absolute Gasteiger partial charge is 0.274 e. The van der Waals surface area contributed by atoms with Crippen LogP contribution in [0, 0.1) is 23.0 Å². The highest BCUT2D eigenvalue weighted by Crippen LogP contribution is 2.32. The SMILES string of the molecule is COc1ccc(S(=O)(=O)N2CCC[C@@H](C(=O)Nc3cccc([N+](=O)[O-])c3C)C2)cc1OC. The van der Waals surface area contributed by atoms with Crippen LogP contribution in [0.4, 0.5) is 11.4 Å². The predicted octanol–water partition coefficient (Wildman–Crippen LogP) is 2.96. The van der Waals surface area contributed by atoms with Crippen molar-refractivity contribution in [3.8, 4) is 11.5 Å². The number of hydrogen-bond donors (Lipinski definition) is 1. The number of nitrogens with zero attached hydrogens (tertiary/aromatic N) is 2. The van der Waals surface area contributed by atoms with Gasteiger partial charge in [-0.05, 0) is 38.0 Å². The van der Waals surface area contributed by atoms with Crippen molar-refractivity contribution in [2.24, 2.45) is 5.92 Å². The minimum Gasteiger partial charge on any atom is -0.493 e. The van der Waals surface area contributed by atoms with Crippen molar-refractivity contribution in [2.75, 3.05) is 32.6 Å². The molecule has 32 heavy (non-hydrogen) atoms. The number of carbonyl (C=O) groups is 1. The number of amides is 1. The first kappa shape index (κ1) is 23.5. The molecule has 172 valence electrons. The molecule has 2 aromatic carbocycles. The standard InChI is InChI=1S/C21H25N3O7S/c1-14-17(7-4-8-18(14)24(26)27)22-21(25)15-6-5-11-23(13-15)32(28,29)16-9-10-19(30-2)20(12-16)31-3/h4,7-10,12,15H,5-6,11,13H2,1-3H3,(H,22,25)/t15-/m1/s1. The molecular weight excluding hydrogens is 438 g/mol. The molecule has 1 aliphatic rings. The first-order valence-electron chi connectivity index (χ1n) is 9.96. The minimum atomic E-state index is -3.86. The van der Waals surface area contributed by atoms with Crippen LogP contribution in [-0.4, -0.2) is 50.9 Å². The molecule has 0 saturated carbocycles. The lowest BCUT2D eigenvalue weighted by atomic mass is 9.98. The number of piperidine rings is 1. The van der Waals surface area contributed by atoms with Gasteiger partial charge in [-0.3, -0.25) is 14.9 Å². The molecule has 3 rings (SSSR count). The maximum atomic E-state index is 13.2. The number of carbonyl (C=O) groups excluding carboxylic acids is 1. The summed E-state index contributed by atoms with van der Waals surface area (Å²) in [6, 6.07) is 8.79. The van der Waals surface area contributed by atoms with Crippen LogP contribution in [0.2, 0.25) is 0 Å². The van der Waals surface area contributed by atoms with E-state index in [1.54, 1.807) is 13.0 Å². The fourth-order valence-electron chi connectivity index (χ4n) is 3.69. The van der Waals surface area contributed by atoms with Gasteiger partial charge in [0.25, 0.3) is 5.69 Å². The molecule has 0 unspecified atom stereocenters. The zero-order chi connectivity index (χ0) is 23.5. The summed E-state index contributed by atoms with van der Waals surface area (Å²) in [4.78, 5) is 23.5. The average molecular weight is 464 g/mol. The van der Waals surface area contributed by atoms with Crippen molar-refractivity contribution >= 4 is 27.3 Å². The van der Waals surface area contributed by atoms with Gasteiger partial charge in [-0.25, -0.2) is 8.42 Å². The predicted molar refractivity (Wildman–Crippen MR) is 117 cm³/mol. The first-order valence-corrected chi connectivity index (χ1v) is 11.4. The van der Waals surface area contributed by atoms with Crippen molar-refractivity contribution in [1.82, 2.24) is 4.31 Å². The van der Waals surface area contributed by atoms with Gasteiger partial charge >= 0.3 is 0 Å². The minimum absolute atomic E-state index is 0.0104. The topological polar surface area (TPSA) is 128 Å². The Hall–Kier alpha value is -3.18. The highest BCUT2D eigenvalue weighted by atomic mass is 32.2. The lowest BCUT2D eigenvalue weighted by Gasteiger charge is -2.31. The van der Waals surface area contributed by atoms with Crippen molar-refractivity contribution < 1.29 is 27.6 Å². The van der Waals surface area contributed by atoms with E-state index < -0.39 is 20.9 Å². The van der Waals surface area contributed by atoms with Crippen LogP contribution in [0.15, 0.2) is 41.3 Å². The second-order valence-electron chi connectivity index (χ2n) is 7.42. The van der Waals surface area contributed by atoms with Crippen molar-refractivity contribution in [3.05, 3.63) is 52.1 Å². The molecule has 1 N–H and O–H groups in total. The van der Waals surface area contributed by atoms with Gasteiger partial charge in [-0.1, -0.05) is 6.07 Å². The van der Waals surface area contributed by atoms with Gasteiger partial charge in [0.1, 0.15) is 0 Å². The third-order valence-electron chi connectivity index (χ3n) is 5.51. The second kappa shape index (κ2) is 9.53. The number of nitrogens with one attached hydrogen (secondary N) is 1. The second-order valence-corrected chi connectivity index (χ2v) is 9.35. The quantitative estimate of drug-likeness (QED) is 0.494. The molecule has 1 aliphatic heterocycles. The van der Waals surface area contributed by atoms with Gasteiger partial charge < -0.3 is 14.8 Å². The van der Waals surface area contributed by atoms with Crippen LogP contribution in [0.3, 0.4) is 0 Å². The number of ether oxygens (including phenoxy) is 2. The fraction of sp³-hybridized carbons (Fsp3) is 0.381. The molecule has 1 fully saturated rings. The zero-order valence-corrected chi connectivity index (χ0v) is 18.8. The molecule has 10 nitrogen and oxygen atoms in total. The number of sulfonamides is 1. The summed E-state index contributed by atoms with van der Waals surface area (Å²) in [6.45, 7) is 1.86. The third kappa shape index (κ3) is 4.68. The number of anilines is 1. The van der Waals surface area contributed by atoms with E-state index >= 15 is 0 Å². The molecule has 0 spiro atoms. The van der Waals surface area contributed by atoms with E-state index in [-0.39, 0.29) is 29.6 Å². The summed E-state index contributed by atoms with van der Waals surface area (Å²) < 4.78 is 38.0. The van der Waals surface area contributed by atoms with Gasteiger partial charge in [0.2, 0.25) is 15.9 Å². The Morgan fingerprint density at radius 1 is 1.19 bits per heavy atom. The summed E-state index contributed by atoms with van der Waals surface area (Å²) >= 11 is 0. The zero-order valence-electron chi connectivity index (χ0n) is 18.0. The molecule has 1 amide bonds. The monoisotopic (exact) mass is 463 g/mol. The van der Waals surface area contributed by atoms with Crippen molar-refractivity contribution in [3.63, 3.8) is 0 Å². The van der Waals surface area contributed by atoms with E-state index in [0.717, 1.165) is 0 Å². The van der Waals surface area contributed by atoms with Crippen LogP contribution in [0.25, 0.3) is 0 Å². The lowest BCUT2D eigenvalue weighted by molar-refractivity contribution is -0.385. The number of nitro groups is 1. The van der Waals surface area contributed by atoms with Crippen LogP contribution < -0.4 is 14.8 Å². The van der Waals surface area contributed by atoms with Crippen LogP contribution in [0.1, 0.15) is 18.4 Å². The molecule has 1 heterocycles. The van der Waals surface area contributed by atoms with E-state index in [1.807, 2.05) is 0 Å². The molecule has 11 heteroatoms. The Morgan fingerprint density at radius 3 is 2.56 bits per heavy atom. The summed E-state index contributed by atoms with van der Waals surface area (Å²) in [5.74, 6) is -0.256. The Morgan fingerprint density at radius 2 is 1.91 bits per heavy atom. The highest BCUT2D eigenvalue weighted by molar-refractivity contribution is 7.89. The summed E-state index contributed by atoms with van der Waals surface area (Å²) in [5, 5.41) is 13.9. The largest absolute Gasteiger partial charge is 0.493 e. The first-order chi connectivity index (χ1) is 15.2. The number of rotatable bonds is 7. The molecule has 2 aromatic rings. The number of methoxy groups -OCH3 is 2. The molecule has 0 bridgehead atoms. The van der Waals surface area contributed by atoms with E-state index in [2.05, 4.69) is 5.32 Å². The number of benzene rings is 2. The van der Waals surface area contributed by atoms with Gasteiger partial charge in [0.05, 0.1) is 41.2 Å². The Balaban J connectivity index is 1.78. The van der Waals surface area contributed by atoms with Gasteiger partial charge in [0, 0.05) is 25.2 Å². The van der Waals surface area contributed by atoms with Crippen LogP contribution in [0.5, 0.6) is 11.5 Å². The van der Waals surface area contributed by atoms with Gasteiger partial charge in [-0.15, -0.1) is 0 Å². The average Bonchev–Trinajstić information content (AvgIpc) is 2.79. The molecule has 0 aliphatic carbocycles. The van der Waals surface area contributed by atoms with E-state index in [9.17, 15) is 23.3 Å². The number of nitro benzene ring substituents is 1. The van der Waals surface area contributed by atoms with E-state index in [1.165, 1.54) is 48.9 Å². The maximum absolute atomic E-state index is 13.2. The lowest BCUT2D eigenvalue weighted by Crippen LogP contribution is -2.43. The van der Waals surface area contributed by atoms with Gasteiger partial charge in [-0.2, -0.15) is 4.31 Å². The summed E-state index contributed by atoms with van der Waals surface area (Å²) in [7, 11) is -0.973. The fourth-order valence-corrected chi connectivity index (χ4v) is 5.23. The van der Waals surface area contributed by atoms with E-state index in [4.69, 9.17) is 9.47 Å². The molecule has 0 aromatic heterocycles.